The lowest BCUT2D eigenvalue weighted by molar-refractivity contribution is -0.118. The Labute approximate surface area is 140 Å². The fourth-order valence-electron chi connectivity index (χ4n) is 2.12. The van der Waals surface area contributed by atoms with Crippen LogP contribution < -0.4 is 15.5 Å². The molecule has 0 fully saturated rings. The molecule has 0 unspecified atom stereocenters. The molecule has 0 spiro atoms. The Morgan fingerprint density at radius 2 is 2.04 bits per heavy atom. The first-order chi connectivity index (χ1) is 11.2. The van der Waals surface area contributed by atoms with Gasteiger partial charge in [0, 0.05) is 35.5 Å². The molecule has 1 aromatic carbocycles. The van der Waals surface area contributed by atoms with Gasteiger partial charge in [-0.15, -0.1) is 11.3 Å². The molecule has 1 heterocycles. The van der Waals surface area contributed by atoms with Crippen LogP contribution in [0.4, 0.5) is 16.5 Å². The van der Waals surface area contributed by atoms with E-state index in [0.717, 1.165) is 28.8 Å². The smallest absolute Gasteiger partial charge is 0.250 e. The minimum Gasteiger partial charge on any atom is -0.387 e. The molecular formula is C16H22N4O2S. The fraction of sp³-hybridized carbons (Fsp3) is 0.375. The molecule has 1 amide bonds. The van der Waals surface area contributed by atoms with E-state index in [1.54, 1.807) is 17.4 Å². The molecule has 2 rings (SSSR count). The topological polar surface area (TPSA) is 77.5 Å². The monoisotopic (exact) mass is 334 g/mol. The van der Waals surface area contributed by atoms with Crippen molar-refractivity contribution < 1.29 is 9.90 Å². The lowest BCUT2D eigenvalue weighted by Gasteiger charge is -2.16. The van der Waals surface area contributed by atoms with Crippen molar-refractivity contribution in [2.75, 3.05) is 35.2 Å². The minimum absolute atomic E-state index is 0.423. The van der Waals surface area contributed by atoms with Gasteiger partial charge in [0.1, 0.15) is 6.61 Å². The summed E-state index contributed by atoms with van der Waals surface area (Å²) in [4.78, 5) is 19.0. The highest BCUT2D eigenvalue weighted by molar-refractivity contribution is 7.15. The quantitative estimate of drug-likeness (QED) is 0.691. The Hall–Kier alpha value is -2.12. The third-order valence-electron chi connectivity index (χ3n) is 3.33. The fourth-order valence-corrected chi connectivity index (χ4v) is 3.09. The van der Waals surface area contributed by atoms with Crippen LogP contribution in [0.15, 0.2) is 30.5 Å². The number of nitrogens with zero attached hydrogens (tertiary/aromatic N) is 2. The SMILES string of the molecule is CCN(CC)c1ncc(CNc2cccc(NC(=O)CO)c2)s1. The standard InChI is InChI=1S/C16H22N4O2S/c1-3-20(4-2)16-18-10-14(23-16)9-17-12-6-5-7-13(8-12)19-15(22)11-21/h5-8,10,17,21H,3-4,9,11H2,1-2H3,(H,19,22). The van der Waals surface area contributed by atoms with Gasteiger partial charge in [0.2, 0.25) is 5.91 Å². The van der Waals surface area contributed by atoms with Gasteiger partial charge < -0.3 is 20.6 Å². The summed E-state index contributed by atoms with van der Waals surface area (Å²) in [5.74, 6) is -0.423. The van der Waals surface area contributed by atoms with Crippen LogP contribution in [0.25, 0.3) is 0 Å². The van der Waals surface area contributed by atoms with Crippen LogP contribution in [0.1, 0.15) is 18.7 Å². The van der Waals surface area contributed by atoms with E-state index >= 15 is 0 Å². The molecule has 0 aliphatic carbocycles. The van der Waals surface area contributed by atoms with Crippen molar-refractivity contribution in [3.63, 3.8) is 0 Å². The third-order valence-corrected chi connectivity index (χ3v) is 4.39. The molecular weight excluding hydrogens is 312 g/mol. The molecule has 0 saturated carbocycles. The first-order valence-electron chi connectivity index (χ1n) is 7.60. The number of anilines is 3. The second-order valence-corrected chi connectivity index (χ2v) is 6.02. The zero-order valence-electron chi connectivity index (χ0n) is 13.4. The number of nitrogens with one attached hydrogen (secondary N) is 2. The molecule has 6 nitrogen and oxygen atoms in total. The van der Waals surface area contributed by atoms with Crippen molar-refractivity contribution in [1.29, 1.82) is 0 Å². The summed E-state index contributed by atoms with van der Waals surface area (Å²) in [5, 5.41) is 15.7. The van der Waals surface area contributed by atoms with Gasteiger partial charge in [-0.3, -0.25) is 4.79 Å². The number of aliphatic hydroxyl groups is 1. The second-order valence-electron chi connectivity index (χ2n) is 4.92. The zero-order valence-corrected chi connectivity index (χ0v) is 14.2. The summed E-state index contributed by atoms with van der Waals surface area (Å²) in [6.07, 6.45) is 1.89. The maximum Gasteiger partial charge on any atom is 0.250 e. The minimum atomic E-state index is -0.521. The van der Waals surface area contributed by atoms with Crippen LogP contribution in [0.5, 0.6) is 0 Å². The van der Waals surface area contributed by atoms with Gasteiger partial charge in [0.05, 0.1) is 6.54 Å². The van der Waals surface area contributed by atoms with E-state index < -0.39 is 12.5 Å². The Kier molecular flexibility index (Phi) is 6.37. The van der Waals surface area contributed by atoms with Gasteiger partial charge in [0.25, 0.3) is 0 Å². The van der Waals surface area contributed by atoms with Crippen molar-refractivity contribution in [1.82, 2.24) is 4.98 Å². The van der Waals surface area contributed by atoms with Gasteiger partial charge >= 0.3 is 0 Å². The first-order valence-corrected chi connectivity index (χ1v) is 8.42. The number of amides is 1. The number of carbonyl (C=O) groups excluding carboxylic acids is 1. The second kappa shape index (κ2) is 8.50. The number of benzene rings is 1. The largest absolute Gasteiger partial charge is 0.387 e. The number of aliphatic hydroxyl groups excluding tert-OH is 1. The average Bonchev–Trinajstić information content (AvgIpc) is 3.03. The van der Waals surface area contributed by atoms with Gasteiger partial charge in [-0.05, 0) is 32.0 Å². The summed E-state index contributed by atoms with van der Waals surface area (Å²) in [6, 6.07) is 7.40. The molecule has 0 aliphatic heterocycles. The van der Waals surface area contributed by atoms with Crippen molar-refractivity contribution in [2.45, 2.75) is 20.4 Å². The average molecular weight is 334 g/mol. The summed E-state index contributed by atoms with van der Waals surface area (Å²) < 4.78 is 0. The predicted molar refractivity (Wildman–Crippen MR) is 95.2 cm³/mol. The summed E-state index contributed by atoms with van der Waals surface area (Å²) in [5.41, 5.74) is 1.56. The molecule has 1 aromatic heterocycles. The van der Waals surface area contributed by atoms with Crippen LogP contribution >= 0.6 is 11.3 Å². The summed E-state index contributed by atoms with van der Waals surface area (Å²) >= 11 is 1.68. The van der Waals surface area contributed by atoms with Gasteiger partial charge in [-0.1, -0.05) is 6.07 Å². The molecule has 0 bridgehead atoms. The number of thiazole rings is 1. The van der Waals surface area contributed by atoms with Gasteiger partial charge in [-0.2, -0.15) is 0 Å². The van der Waals surface area contributed by atoms with E-state index in [1.807, 2.05) is 24.4 Å². The van der Waals surface area contributed by atoms with E-state index in [2.05, 4.69) is 34.4 Å². The lowest BCUT2D eigenvalue weighted by atomic mass is 10.2. The molecule has 2 aromatic rings. The highest BCUT2D eigenvalue weighted by atomic mass is 32.1. The Bertz CT molecular complexity index is 641. The Balaban J connectivity index is 1.95. The van der Waals surface area contributed by atoms with Crippen LogP contribution in [0.2, 0.25) is 0 Å². The highest BCUT2D eigenvalue weighted by Crippen LogP contribution is 2.23. The molecule has 124 valence electrons. The lowest BCUT2D eigenvalue weighted by Crippen LogP contribution is -2.21. The first kappa shape index (κ1) is 17.2. The summed E-state index contributed by atoms with van der Waals surface area (Å²) in [7, 11) is 0. The third kappa shape index (κ3) is 4.94. The number of hydrogen-bond donors (Lipinski definition) is 3. The molecule has 3 N–H and O–H groups in total. The van der Waals surface area contributed by atoms with Crippen LogP contribution in [-0.2, 0) is 11.3 Å². The predicted octanol–water partition coefficient (Wildman–Crippen LogP) is 2.53. The number of rotatable bonds is 8. The van der Waals surface area contributed by atoms with Gasteiger partial charge in [0.15, 0.2) is 5.13 Å². The summed E-state index contributed by atoms with van der Waals surface area (Å²) in [6.45, 7) is 6.29. The van der Waals surface area contributed by atoms with Crippen LogP contribution in [0.3, 0.4) is 0 Å². The number of carbonyl (C=O) groups is 1. The van der Waals surface area contributed by atoms with E-state index in [-0.39, 0.29) is 0 Å². The Morgan fingerprint density at radius 3 is 2.74 bits per heavy atom. The molecule has 0 radical (unpaired) electrons. The molecule has 7 heteroatoms. The van der Waals surface area contributed by atoms with E-state index in [9.17, 15) is 4.79 Å². The Morgan fingerprint density at radius 1 is 1.30 bits per heavy atom. The van der Waals surface area contributed by atoms with Crippen LogP contribution in [-0.4, -0.2) is 35.7 Å². The highest BCUT2D eigenvalue weighted by Gasteiger charge is 2.07. The van der Waals surface area contributed by atoms with Crippen molar-refractivity contribution in [2.24, 2.45) is 0 Å². The normalized spacial score (nSPS) is 10.4. The van der Waals surface area contributed by atoms with E-state index in [0.29, 0.717) is 12.2 Å². The number of hydrogen-bond acceptors (Lipinski definition) is 6. The molecule has 0 aliphatic rings. The van der Waals surface area contributed by atoms with Crippen LogP contribution in [0, 0.1) is 0 Å². The van der Waals surface area contributed by atoms with Crippen molar-refractivity contribution >= 4 is 33.8 Å². The molecule has 0 saturated heterocycles. The maximum atomic E-state index is 11.2. The maximum absolute atomic E-state index is 11.2. The van der Waals surface area contributed by atoms with Crippen molar-refractivity contribution in [3.8, 4) is 0 Å². The molecule has 23 heavy (non-hydrogen) atoms. The zero-order chi connectivity index (χ0) is 16.7. The van der Waals surface area contributed by atoms with Crippen molar-refractivity contribution in [3.05, 3.63) is 35.3 Å². The van der Waals surface area contributed by atoms with E-state index in [1.165, 1.54) is 0 Å². The van der Waals surface area contributed by atoms with E-state index in [4.69, 9.17) is 5.11 Å². The molecule has 0 atom stereocenters. The number of aromatic nitrogens is 1. The van der Waals surface area contributed by atoms with Gasteiger partial charge in [-0.25, -0.2) is 4.98 Å².